The molecule has 0 radical (unpaired) electrons. The minimum Gasteiger partial charge on any atom is -0.496 e. The Hall–Kier alpha value is -1.56. The molecule has 0 spiro atoms. The molecule has 0 bridgehead atoms. The highest BCUT2D eigenvalue weighted by molar-refractivity contribution is 9.10. The van der Waals surface area contributed by atoms with Gasteiger partial charge in [0.05, 0.1) is 18.0 Å². The molecule has 0 aliphatic rings. The molecule has 5 nitrogen and oxygen atoms in total. The fraction of sp³-hybridized carbons (Fsp3) is 0.429. The predicted octanol–water partition coefficient (Wildman–Crippen LogP) is 2.32. The van der Waals surface area contributed by atoms with Crippen molar-refractivity contribution in [1.29, 1.82) is 0 Å². The fourth-order valence-corrected chi connectivity index (χ4v) is 2.28. The number of methoxy groups -OCH3 is 1. The minimum atomic E-state index is -0.899. The lowest BCUT2D eigenvalue weighted by Crippen LogP contribution is -2.29. The number of aryl methyl sites for hydroxylation is 1. The standard InChI is InChI=1S/C14H18BrNO4/c1-16(8-7-14(18)19)13(17)6-4-10-3-5-12(20-2)11(15)9-10/h3,5,9H,4,6-8H2,1-2H3,(H,18,19). The number of carboxylic acid groups (broad SMARTS) is 1. The summed E-state index contributed by atoms with van der Waals surface area (Å²) in [6, 6.07) is 5.68. The number of hydrogen-bond donors (Lipinski definition) is 1. The molecule has 110 valence electrons. The number of carbonyl (C=O) groups is 2. The highest BCUT2D eigenvalue weighted by Gasteiger charge is 2.11. The van der Waals surface area contributed by atoms with E-state index in [4.69, 9.17) is 9.84 Å². The smallest absolute Gasteiger partial charge is 0.305 e. The summed E-state index contributed by atoms with van der Waals surface area (Å²) in [6.07, 6.45) is 0.935. The number of nitrogens with zero attached hydrogens (tertiary/aromatic N) is 1. The van der Waals surface area contributed by atoms with Gasteiger partial charge < -0.3 is 14.7 Å². The maximum absolute atomic E-state index is 11.8. The molecular weight excluding hydrogens is 326 g/mol. The van der Waals surface area contributed by atoms with E-state index in [0.29, 0.717) is 12.8 Å². The van der Waals surface area contributed by atoms with Crippen LogP contribution in [0.15, 0.2) is 22.7 Å². The number of halogens is 1. The zero-order valence-electron chi connectivity index (χ0n) is 11.6. The maximum atomic E-state index is 11.8. The molecule has 1 amide bonds. The quantitative estimate of drug-likeness (QED) is 0.824. The van der Waals surface area contributed by atoms with E-state index in [-0.39, 0.29) is 18.9 Å². The van der Waals surface area contributed by atoms with Gasteiger partial charge in [-0.2, -0.15) is 0 Å². The van der Waals surface area contributed by atoms with E-state index in [1.807, 2.05) is 18.2 Å². The van der Waals surface area contributed by atoms with Gasteiger partial charge in [-0.25, -0.2) is 0 Å². The Kier molecular flexibility index (Phi) is 6.51. The first-order valence-corrected chi connectivity index (χ1v) is 7.01. The van der Waals surface area contributed by atoms with Crippen molar-refractivity contribution in [3.63, 3.8) is 0 Å². The molecular formula is C14H18BrNO4. The van der Waals surface area contributed by atoms with E-state index in [9.17, 15) is 9.59 Å². The number of benzene rings is 1. The van der Waals surface area contributed by atoms with Crippen LogP contribution >= 0.6 is 15.9 Å². The largest absolute Gasteiger partial charge is 0.496 e. The van der Waals surface area contributed by atoms with E-state index in [1.54, 1.807) is 14.2 Å². The van der Waals surface area contributed by atoms with E-state index < -0.39 is 5.97 Å². The van der Waals surface area contributed by atoms with Gasteiger partial charge in [-0.05, 0) is 40.0 Å². The third-order valence-electron chi connectivity index (χ3n) is 2.93. The predicted molar refractivity (Wildman–Crippen MR) is 78.9 cm³/mol. The molecule has 0 atom stereocenters. The first kappa shape index (κ1) is 16.5. The van der Waals surface area contributed by atoms with Gasteiger partial charge >= 0.3 is 5.97 Å². The fourth-order valence-electron chi connectivity index (χ4n) is 1.70. The average molecular weight is 344 g/mol. The highest BCUT2D eigenvalue weighted by atomic mass is 79.9. The maximum Gasteiger partial charge on any atom is 0.305 e. The molecule has 0 heterocycles. The third kappa shape index (κ3) is 5.21. The summed E-state index contributed by atoms with van der Waals surface area (Å²) in [6.45, 7) is 0.237. The van der Waals surface area contributed by atoms with Crippen molar-refractivity contribution in [3.8, 4) is 5.75 Å². The van der Waals surface area contributed by atoms with Crippen LogP contribution in [0.5, 0.6) is 5.75 Å². The second-order valence-electron chi connectivity index (χ2n) is 4.43. The zero-order valence-corrected chi connectivity index (χ0v) is 13.1. The molecule has 1 aromatic rings. The van der Waals surface area contributed by atoms with Crippen molar-refractivity contribution < 1.29 is 19.4 Å². The molecule has 0 aliphatic carbocycles. The van der Waals surface area contributed by atoms with Gasteiger partial charge in [-0.3, -0.25) is 9.59 Å². The topological polar surface area (TPSA) is 66.8 Å². The molecule has 20 heavy (non-hydrogen) atoms. The van der Waals surface area contributed by atoms with Crippen LogP contribution in [0.2, 0.25) is 0 Å². The Bertz CT molecular complexity index is 490. The highest BCUT2D eigenvalue weighted by Crippen LogP contribution is 2.26. The molecule has 6 heteroatoms. The number of amides is 1. The van der Waals surface area contributed by atoms with Gasteiger partial charge in [-0.15, -0.1) is 0 Å². The van der Waals surface area contributed by atoms with Crippen LogP contribution in [0.4, 0.5) is 0 Å². The Labute approximate surface area is 126 Å². The lowest BCUT2D eigenvalue weighted by molar-refractivity contribution is -0.138. The van der Waals surface area contributed by atoms with Gasteiger partial charge in [0.1, 0.15) is 5.75 Å². The summed E-state index contributed by atoms with van der Waals surface area (Å²) in [4.78, 5) is 23.7. The summed E-state index contributed by atoms with van der Waals surface area (Å²) in [5.41, 5.74) is 1.03. The molecule has 0 aromatic heterocycles. The number of ether oxygens (including phenoxy) is 1. The summed E-state index contributed by atoms with van der Waals surface area (Å²) in [7, 11) is 3.22. The van der Waals surface area contributed by atoms with Crippen LogP contribution in [0.1, 0.15) is 18.4 Å². The first-order chi connectivity index (χ1) is 9.43. The molecule has 1 N–H and O–H groups in total. The second kappa shape index (κ2) is 7.89. The van der Waals surface area contributed by atoms with Crippen molar-refractivity contribution >= 4 is 27.8 Å². The van der Waals surface area contributed by atoms with Gasteiger partial charge in [0, 0.05) is 20.0 Å². The summed E-state index contributed by atoms with van der Waals surface area (Å²) >= 11 is 3.40. The van der Waals surface area contributed by atoms with Crippen LogP contribution in [-0.4, -0.2) is 42.6 Å². The van der Waals surface area contributed by atoms with Crippen molar-refractivity contribution in [2.75, 3.05) is 20.7 Å². The van der Waals surface area contributed by atoms with Crippen LogP contribution in [0.3, 0.4) is 0 Å². The molecule has 0 saturated carbocycles. The number of aliphatic carboxylic acids is 1. The van der Waals surface area contributed by atoms with Gasteiger partial charge in [-0.1, -0.05) is 6.07 Å². The van der Waals surface area contributed by atoms with Crippen molar-refractivity contribution in [2.45, 2.75) is 19.3 Å². The molecule has 1 aromatic carbocycles. The molecule has 0 saturated heterocycles. The average Bonchev–Trinajstić information content (AvgIpc) is 2.42. The Balaban J connectivity index is 2.48. The molecule has 0 aliphatic heterocycles. The second-order valence-corrected chi connectivity index (χ2v) is 5.28. The van der Waals surface area contributed by atoms with Crippen LogP contribution < -0.4 is 4.74 Å². The summed E-state index contributed by atoms with van der Waals surface area (Å²) in [5.74, 6) is -0.208. The van der Waals surface area contributed by atoms with Crippen LogP contribution in [0, 0.1) is 0 Å². The molecule has 0 unspecified atom stereocenters. The number of carboxylic acids is 1. The Morgan fingerprint density at radius 3 is 2.60 bits per heavy atom. The lowest BCUT2D eigenvalue weighted by Gasteiger charge is -2.16. The third-order valence-corrected chi connectivity index (χ3v) is 3.55. The van der Waals surface area contributed by atoms with E-state index in [2.05, 4.69) is 15.9 Å². The lowest BCUT2D eigenvalue weighted by atomic mass is 10.1. The number of carbonyl (C=O) groups excluding carboxylic acids is 1. The molecule has 1 rings (SSSR count). The summed E-state index contributed by atoms with van der Waals surface area (Å²) in [5, 5.41) is 8.58. The van der Waals surface area contributed by atoms with Crippen molar-refractivity contribution in [2.24, 2.45) is 0 Å². The molecule has 0 fully saturated rings. The van der Waals surface area contributed by atoms with E-state index in [0.717, 1.165) is 15.8 Å². The van der Waals surface area contributed by atoms with Crippen LogP contribution in [0.25, 0.3) is 0 Å². The van der Waals surface area contributed by atoms with Crippen molar-refractivity contribution in [3.05, 3.63) is 28.2 Å². The van der Waals surface area contributed by atoms with Gasteiger partial charge in [0.25, 0.3) is 0 Å². The normalized spacial score (nSPS) is 10.2. The van der Waals surface area contributed by atoms with Crippen LogP contribution in [-0.2, 0) is 16.0 Å². The minimum absolute atomic E-state index is 0.0314. The van der Waals surface area contributed by atoms with Gasteiger partial charge in [0.15, 0.2) is 0 Å². The summed E-state index contributed by atoms with van der Waals surface area (Å²) < 4.78 is 5.99. The Morgan fingerprint density at radius 1 is 1.35 bits per heavy atom. The Morgan fingerprint density at radius 2 is 2.05 bits per heavy atom. The van der Waals surface area contributed by atoms with E-state index in [1.165, 1.54) is 4.90 Å². The van der Waals surface area contributed by atoms with Crippen molar-refractivity contribution in [1.82, 2.24) is 4.90 Å². The zero-order chi connectivity index (χ0) is 15.1. The first-order valence-electron chi connectivity index (χ1n) is 6.22. The monoisotopic (exact) mass is 343 g/mol. The number of rotatable bonds is 7. The number of hydrogen-bond acceptors (Lipinski definition) is 3. The van der Waals surface area contributed by atoms with Gasteiger partial charge in [0.2, 0.25) is 5.91 Å². The SMILES string of the molecule is COc1ccc(CCC(=O)N(C)CCC(=O)O)cc1Br. The van der Waals surface area contributed by atoms with E-state index >= 15 is 0 Å².